The number of nitrogens with zero attached hydrogens (tertiary/aromatic N) is 1. The lowest BCUT2D eigenvalue weighted by Gasteiger charge is -2.16. The van der Waals surface area contributed by atoms with E-state index in [1.165, 1.54) is 0 Å². The largest absolute Gasteiger partial charge is 0.288 e. The van der Waals surface area contributed by atoms with E-state index in [9.17, 15) is 4.79 Å². The molecular formula is C23H21Cl2NO. The van der Waals surface area contributed by atoms with E-state index in [1.54, 1.807) is 6.07 Å². The second-order valence-electron chi connectivity index (χ2n) is 6.85. The van der Waals surface area contributed by atoms with Crippen LogP contribution in [0.2, 0.25) is 5.15 Å². The molecule has 0 spiro atoms. The van der Waals surface area contributed by atoms with Crippen LogP contribution in [0.25, 0.3) is 10.9 Å². The smallest absolute Gasteiger partial charge is 0.196 e. The maximum atomic E-state index is 13.6. The first-order chi connectivity index (χ1) is 12.8. The highest BCUT2D eigenvalue weighted by molar-refractivity contribution is 6.30. The van der Waals surface area contributed by atoms with Crippen molar-refractivity contribution in [2.24, 2.45) is 0 Å². The summed E-state index contributed by atoms with van der Waals surface area (Å²) in [5.74, 6) is -0.0191. The fourth-order valence-corrected chi connectivity index (χ4v) is 3.70. The highest BCUT2D eigenvalue weighted by atomic mass is 35.5. The third kappa shape index (κ3) is 3.92. The molecule has 3 aromatic rings. The zero-order chi connectivity index (χ0) is 19.7. The summed E-state index contributed by atoms with van der Waals surface area (Å²) in [6.45, 7) is 9.64. The Kier molecular flexibility index (Phi) is 5.69. The molecule has 0 saturated carbocycles. The van der Waals surface area contributed by atoms with Crippen molar-refractivity contribution in [3.05, 3.63) is 86.5 Å². The van der Waals surface area contributed by atoms with Gasteiger partial charge in [0, 0.05) is 16.0 Å². The number of carbonyl (C=O) groups is 1. The summed E-state index contributed by atoms with van der Waals surface area (Å²) in [4.78, 5) is 18.0. The number of halogens is 2. The molecule has 0 saturated heterocycles. The number of aryl methyl sites for hydroxylation is 3. The van der Waals surface area contributed by atoms with Crippen molar-refractivity contribution in [2.45, 2.75) is 33.6 Å². The minimum absolute atomic E-state index is 0.0191. The van der Waals surface area contributed by atoms with Gasteiger partial charge in [-0.25, -0.2) is 4.98 Å². The zero-order valence-corrected chi connectivity index (χ0v) is 17.2. The Morgan fingerprint density at radius 3 is 2.33 bits per heavy atom. The first kappa shape index (κ1) is 19.6. The van der Waals surface area contributed by atoms with E-state index >= 15 is 0 Å². The molecule has 0 amide bonds. The maximum Gasteiger partial charge on any atom is 0.196 e. The van der Waals surface area contributed by atoms with Crippen LogP contribution in [0.15, 0.2) is 48.0 Å². The van der Waals surface area contributed by atoms with Crippen LogP contribution in [0.1, 0.15) is 44.6 Å². The summed E-state index contributed by atoms with van der Waals surface area (Å²) in [7, 11) is 0. The molecule has 0 radical (unpaired) electrons. The van der Waals surface area contributed by atoms with Gasteiger partial charge in [0.1, 0.15) is 5.15 Å². The first-order valence-electron chi connectivity index (χ1n) is 8.82. The van der Waals surface area contributed by atoms with Gasteiger partial charge in [0.15, 0.2) is 5.78 Å². The quantitative estimate of drug-likeness (QED) is 0.352. The van der Waals surface area contributed by atoms with Gasteiger partial charge in [0.05, 0.1) is 11.1 Å². The van der Waals surface area contributed by atoms with E-state index in [-0.39, 0.29) is 5.78 Å². The predicted molar refractivity (Wildman–Crippen MR) is 114 cm³/mol. The van der Waals surface area contributed by atoms with Crippen molar-refractivity contribution in [2.75, 3.05) is 0 Å². The molecule has 0 fully saturated rings. The molecule has 0 atom stereocenters. The molecule has 138 valence electrons. The monoisotopic (exact) mass is 397 g/mol. The number of rotatable bonds is 5. The van der Waals surface area contributed by atoms with Gasteiger partial charge >= 0.3 is 0 Å². The van der Waals surface area contributed by atoms with Gasteiger partial charge in [-0.15, -0.1) is 0 Å². The van der Waals surface area contributed by atoms with Gasteiger partial charge in [-0.3, -0.25) is 4.79 Å². The number of pyridine rings is 1. The van der Waals surface area contributed by atoms with Crippen molar-refractivity contribution < 1.29 is 4.79 Å². The summed E-state index contributed by atoms with van der Waals surface area (Å²) in [5.41, 5.74) is 5.91. The minimum atomic E-state index is -0.0191. The number of hydrogen-bond acceptors (Lipinski definition) is 2. The summed E-state index contributed by atoms with van der Waals surface area (Å²) >= 11 is 12.0. The number of benzene rings is 2. The maximum absolute atomic E-state index is 13.6. The normalized spacial score (nSPS) is 11.0. The number of fused-ring (bicyclic) bond motifs is 1. The summed E-state index contributed by atoms with van der Waals surface area (Å²) in [6, 6.07) is 11.6. The van der Waals surface area contributed by atoms with Crippen molar-refractivity contribution in [1.29, 1.82) is 0 Å². The van der Waals surface area contributed by atoms with Gasteiger partial charge in [-0.2, -0.15) is 0 Å². The number of hydrogen-bond donors (Lipinski definition) is 0. The first-order valence-corrected chi connectivity index (χ1v) is 9.58. The Balaban J connectivity index is 2.18. The summed E-state index contributed by atoms with van der Waals surface area (Å²) in [6.07, 6.45) is 1.44. The number of carbonyl (C=O) groups excluding carboxylic acids is 1. The summed E-state index contributed by atoms with van der Waals surface area (Å²) in [5, 5.41) is 1.90. The SMILES string of the molecule is C=C(Cl)CCc1ccc(C)c(C(=O)c2c(C)ccc3ccc(Cl)nc23)c1C. The molecule has 0 aliphatic heterocycles. The van der Waals surface area contributed by atoms with Crippen LogP contribution in [0.3, 0.4) is 0 Å². The molecule has 0 N–H and O–H groups in total. The van der Waals surface area contributed by atoms with E-state index in [4.69, 9.17) is 23.2 Å². The third-order valence-electron chi connectivity index (χ3n) is 4.94. The highest BCUT2D eigenvalue weighted by Gasteiger charge is 2.21. The molecular weight excluding hydrogens is 377 g/mol. The lowest BCUT2D eigenvalue weighted by Crippen LogP contribution is -2.11. The Hall–Kier alpha value is -2.16. The third-order valence-corrected chi connectivity index (χ3v) is 5.34. The van der Waals surface area contributed by atoms with Gasteiger partial charge in [0.2, 0.25) is 0 Å². The molecule has 4 heteroatoms. The Morgan fingerprint density at radius 2 is 1.63 bits per heavy atom. The van der Waals surface area contributed by atoms with Crippen LogP contribution in [0.5, 0.6) is 0 Å². The summed E-state index contributed by atoms with van der Waals surface area (Å²) < 4.78 is 0. The van der Waals surface area contributed by atoms with Crippen LogP contribution < -0.4 is 0 Å². The van der Waals surface area contributed by atoms with Crippen molar-refractivity contribution >= 4 is 39.9 Å². The van der Waals surface area contributed by atoms with Crippen LogP contribution in [0, 0.1) is 20.8 Å². The van der Waals surface area contributed by atoms with E-state index < -0.39 is 0 Å². The van der Waals surface area contributed by atoms with Crippen LogP contribution in [-0.4, -0.2) is 10.8 Å². The molecule has 1 heterocycles. The fraction of sp³-hybridized carbons (Fsp3) is 0.217. The molecule has 2 aromatic carbocycles. The molecule has 0 unspecified atom stereocenters. The second kappa shape index (κ2) is 7.84. The number of allylic oxidation sites excluding steroid dienone is 1. The lowest BCUT2D eigenvalue weighted by molar-refractivity contribution is 0.103. The van der Waals surface area contributed by atoms with E-state index in [1.807, 2.05) is 45.0 Å². The fourth-order valence-electron chi connectivity index (χ4n) is 3.46. The molecule has 27 heavy (non-hydrogen) atoms. The lowest BCUT2D eigenvalue weighted by atomic mass is 9.88. The van der Waals surface area contributed by atoms with Gasteiger partial charge in [-0.1, -0.05) is 54.0 Å². The van der Waals surface area contributed by atoms with Gasteiger partial charge in [-0.05, 0) is 68.0 Å². The average Bonchev–Trinajstić information content (AvgIpc) is 2.60. The molecule has 0 bridgehead atoms. The topological polar surface area (TPSA) is 30.0 Å². The molecule has 0 aliphatic carbocycles. The minimum Gasteiger partial charge on any atom is -0.288 e. The van der Waals surface area contributed by atoms with Crippen molar-refractivity contribution in [3.8, 4) is 0 Å². The molecule has 1 aromatic heterocycles. The molecule has 0 aliphatic rings. The number of aromatic nitrogens is 1. The Labute approximate surface area is 169 Å². The van der Waals surface area contributed by atoms with Crippen LogP contribution in [-0.2, 0) is 6.42 Å². The average molecular weight is 398 g/mol. The van der Waals surface area contributed by atoms with Gasteiger partial charge in [0.25, 0.3) is 0 Å². The van der Waals surface area contributed by atoms with Crippen molar-refractivity contribution in [3.63, 3.8) is 0 Å². The van der Waals surface area contributed by atoms with E-state index in [0.29, 0.717) is 27.7 Å². The van der Waals surface area contributed by atoms with Crippen LogP contribution in [0.4, 0.5) is 0 Å². The second-order valence-corrected chi connectivity index (χ2v) is 7.77. The predicted octanol–water partition coefficient (Wildman–Crippen LogP) is 6.73. The van der Waals surface area contributed by atoms with Crippen molar-refractivity contribution in [1.82, 2.24) is 4.98 Å². The number of ketones is 1. The molecule has 3 rings (SSSR count). The van der Waals surface area contributed by atoms with Crippen LogP contribution >= 0.6 is 23.2 Å². The Morgan fingerprint density at radius 1 is 1.00 bits per heavy atom. The van der Waals surface area contributed by atoms with Gasteiger partial charge < -0.3 is 0 Å². The van der Waals surface area contributed by atoms with E-state index in [0.717, 1.165) is 39.6 Å². The van der Waals surface area contributed by atoms with E-state index in [2.05, 4.69) is 17.6 Å². The standard InChI is InChI=1S/C23H21Cl2NO/c1-13-5-8-17(10-7-15(3)24)16(4)20(13)23(27)21-14(2)6-9-18-11-12-19(25)26-22(18)21/h5-6,8-9,11-12H,3,7,10H2,1-2,4H3. The zero-order valence-electron chi connectivity index (χ0n) is 15.7. The Bertz CT molecular complexity index is 1060. The molecule has 2 nitrogen and oxygen atoms in total. The highest BCUT2D eigenvalue weighted by Crippen LogP contribution is 2.29.